The van der Waals surface area contributed by atoms with E-state index in [-0.39, 0.29) is 5.60 Å². The van der Waals surface area contributed by atoms with E-state index in [0.717, 1.165) is 25.0 Å². The van der Waals surface area contributed by atoms with Gasteiger partial charge in [0.25, 0.3) is 0 Å². The lowest BCUT2D eigenvalue weighted by molar-refractivity contribution is 0.0182. The van der Waals surface area contributed by atoms with Crippen molar-refractivity contribution in [1.29, 1.82) is 0 Å². The van der Waals surface area contributed by atoms with Gasteiger partial charge in [0.05, 0.1) is 0 Å². The minimum Gasteiger partial charge on any atom is -0.487 e. The van der Waals surface area contributed by atoms with E-state index in [4.69, 9.17) is 10.5 Å². The van der Waals surface area contributed by atoms with Crippen LogP contribution in [-0.2, 0) is 0 Å². The maximum atomic E-state index is 6.16. The van der Waals surface area contributed by atoms with Crippen LogP contribution in [0.4, 0.5) is 0 Å². The van der Waals surface area contributed by atoms with Crippen LogP contribution in [0.3, 0.4) is 0 Å². The molecule has 0 bridgehead atoms. The zero-order valence-electron chi connectivity index (χ0n) is 13.5. The number of ether oxygens (including phenoxy) is 1. The number of hydrogen-bond donors (Lipinski definition) is 1. The normalized spacial score (nSPS) is 31.6. The van der Waals surface area contributed by atoms with E-state index in [0.29, 0.717) is 18.1 Å². The summed E-state index contributed by atoms with van der Waals surface area (Å²) in [5, 5.41) is 0. The molecule has 21 heavy (non-hydrogen) atoms. The highest BCUT2D eigenvalue weighted by Gasteiger charge is 2.37. The third-order valence-electron chi connectivity index (χ3n) is 5.16. The molecular formula is C18H28N2O. The number of nitrogens with zero attached hydrogens (tertiary/aromatic N) is 1. The van der Waals surface area contributed by atoms with Crippen molar-refractivity contribution in [2.45, 2.75) is 69.7 Å². The molecule has 1 fully saturated rings. The van der Waals surface area contributed by atoms with Crippen molar-refractivity contribution in [3.63, 3.8) is 0 Å². The molecule has 1 aliphatic carbocycles. The fourth-order valence-corrected chi connectivity index (χ4v) is 3.89. The third-order valence-corrected chi connectivity index (χ3v) is 5.16. The van der Waals surface area contributed by atoms with Crippen molar-refractivity contribution in [3.05, 3.63) is 29.8 Å². The van der Waals surface area contributed by atoms with Crippen LogP contribution in [0, 0.1) is 0 Å². The van der Waals surface area contributed by atoms with Gasteiger partial charge in [0.1, 0.15) is 11.4 Å². The molecule has 1 unspecified atom stereocenters. The highest BCUT2D eigenvalue weighted by molar-refractivity contribution is 5.38. The standard InChI is InChI=1S/C18H28N2O/c1-18(2)12-16(15-6-4-5-7-17(15)21-18)20(3)14-10-8-13(19)9-11-14/h4-7,13-14,16H,8-12,19H2,1-3H3. The summed E-state index contributed by atoms with van der Waals surface area (Å²) < 4.78 is 6.16. The Morgan fingerprint density at radius 3 is 2.52 bits per heavy atom. The van der Waals surface area contributed by atoms with Gasteiger partial charge in [-0.15, -0.1) is 0 Å². The number of rotatable bonds is 2. The first-order valence-electron chi connectivity index (χ1n) is 8.22. The Kier molecular flexibility index (Phi) is 3.98. The summed E-state index contributed by atoms with van der Waals surface area (Å²) in [6.45, 7) is 4.39. The predicted octanol–water partition coefficient (Wildman–Crippen LogP) is 3.49. The summed E-state index contributed by atoms with van der Waals surface area (Å²) in [5.74, 6) is 1.05. The fraction of sp³-hybridized carbons (Fsp3) is 0.667. The summed E-state index contributed by atoms with van der Waals surface area (Å²) in [6.07, 6.45) is 5.80. The summed E-state index contributed by atoms with van der Waals surface area (Å²) in [4.78, 5) is 2.58. The lowest BCUT2D eigenvalue weighted by atomic mass is 9.85. The molecule has 3 nitrogen and oxygen atoms in total. The van der Waals surface area contributed by atoms with Gasteiger partial charge in [0, 0.05) is 30.1 Å². The van der Waals surface area contributed by atoms with Crippen molar-refractivity contribution in [1.82, 2.24) is 4.90 Å². The van der Waals surface area contributed by atoms with E-state index in [2.05, 4.69) is 50.1 Å². The van der Waals surface area contributed by atoms with Gasteiger partial charge in [-0.3, -0.25) is 4.90 Å². The molecule has 1 saturated carbocycles. The van der Waals surface area contributed by atoms with Gasteiger partial charge >= 0.3 is 0 Å². The topological polar surface area (TPSA) is 38.5 Å². The Hall–Kier alpha value is -1.06. The summed E-state index contributed by atoms with van der Waals surface area (Å²) in [6, 6.07) is 10.0. The number of para-hydroxylation sites is 1. The van der Waals surface area contributed by atoms with Crippen LogP contribution in [0.25, 0.3) is 0 Å². The number of fused-ring (bicyclic) bond motifs is 1. The van der Waals surface area contributed by atoms with E-state index >= 15 is 0 Å². The van der Waals surface area contributed by atoms with Crippen molar-refractivity contribution >= 4 is 0 Å². The second-order valence-corrected chi connectivity index (χ2v) is 7.35. The number of benzene rings is 1. The Morgan fingerprint density at radius 1 is 1.14 bits per heavy atom. The van der Waals surface area contributed by atoms with Crippen molar-refractivity contribution < 1.29 is 4.74 Å². The second kappa shape index (κ2) is 5.62. The van der Waals surface area contributed by atoms with E-state index < -0.39 is 0 Å². The van der Waals surface area contributed by atoms with Crippen LogP contribution < -0.4 is 10.5 Å². The average molecular weight is 288 g/mol. The third kappa shape index (κ3) is 3.09. The molecule has 0 radical (unpaired) electrons. The van der Waals surface area contributed by atoms with Crippen molar-refractivity contribution in [2.75, 3.05) is 7.05 Å². The first kappa shape index (κ1) is 14.9. The van der Waals surface area contributed by atoms with E-state index in [1.807, 2.05) is 0 Å². The van der Waals surface area contributed by atoms with Gasteiger partial charge in [-0.1, -0.05) is 18.2 Å². The van der Waals surface area contributed by atoms with E-state index in [1.165, 1.54) is 18.4 Å². The molecule has 1 heterocycles. The molecule has 3 heteroatoms. The molecule has 0 aromatic heterocycles. The highest BCUT2D eigenvalue weighted by Crippen LogP contribution is 2.43. The molecule has 0 saturated heterocycles. The Labute approximate surface area is 128 Å². The van der Waals surface area contributed by atoms with E-state index in [9.17, 15) is 0 Å². The van der Waals surface area contributed by atoms with Crippen molar-refractivity contribution in [2.24, 2.45) is 5.73 Å². The van der Waals surface area contributed by atoms with Crippen LogP contribution in [0.5, 0.6) is 5.75 Å². The lowest BCUT2D eigenvalue weighted by Gasteiger charge is -2.45. The fourth-order valence-electron chi connectivity index (χ4n) is 3.89. The average Bonchev–Trinajstić information content (AvgIpc) is 2.45. The SMILES string of the molecule is CN(C1CCC(N)CC1)C1CC(C)(C)Oc2ccccc21. The minimum atomic E-state index is -0.0989. The molecule has 3 rings (SSSR count). The maximum absolute atomic E-state index is 6.16. The van der Waals surface area contributed by atoms with Gasteiger partial charge < -0.3 is 10.5 Å². The molecular weight excluding hydrogens is 260 g/mol. The quantitative estimate of drug-likeness (QED) is 0.905. The number of hydrogen-bond acceptors (Lipinski definition) is 3. The summed E-state index contributed by atoms with van der Waals surface area (Å²) in [7, 11) is 2.28. The molecule has 2 N–H and O–H groups in total. The van der Waals surface area contributed by atoms with Gasteiger partial charge in [-0.05, 0) is 52.6 Å². The first-order valence-corrected chi connectivity index (χ1v) is 8.22. The monoisotopic (exact) mass is 288 g/mol. The minimum absolute atomic E-state index is 0.0989. The van der Waals surface area contributed by atoms with Gasteiger partial charge in [0.2, 0.25) is 0 Å². The van der Waals surface area contributed by atoms with Crippen LogP contribution in [0.15, 0.2) is 24.3 Å². The van der Waals surface area contributed by atoms with Crippen LogP contribution in [-0.4, -0.2) is 29.6 Å². The van der Waals surface area contributed by atoms with E-state index in [1.54, 1.807) is 0 Å². The molecule has 0 spiro atoms. The van der Waals surface area contributed by atoms with Crippen LogP contribution in [0.1, 0.15) is 57.6 Å². The maximum Gasteiger partial charge on any atom is 0.124 e. The van der Waals surface area contributed by atoms with Crippen LogP contribution in [0.2, 0.25) is 0 Å². The largest absolute Gasteiger partial charge is 0.487 e. The zero-order chi connectivity index (χ0) is 15.0. The molecule has 2 aliphatic rings. The van der Waals surface area contributed by atoms with Gasteiger partial charge in [-0.2, -0.15) is 0 Å². The van der Waals surface area contributed by atoms with Gasteiger partial charge in [-0.25, -0.2) is 0 Å². The molecule has 1 aliphatic heterocycles. The Bertz CT molecular complexity index is 492. The summed E-state index contributed by atoms with van der Waals surface area (Å²) in [5.41, 5.74) is 7.30. The summed E-state index contributed by atoms with van der Waals surface area (Å²) >= 11 is 0. The molecule has 0 amide bonds. The zero-order valence-corrected chi connectivity index (χ0v) is 13.5. The Morgan fingerprint density at radius 2 is 1.81 bits per heavy atom. The molecule has 116 valence electrons. The van der Waals surface area contributed by atoms with Gasteiger partial charge in [0.15, 0.2) is 0 Å². The Balaban J connectivity index is 1.83. The molecule has 1 atom stereocenters. The first-order chi connectivity index (χ1) is 9.96. The second-order valence-electron chi connectivity index (χ2n) is 7.35. The lowest BCUT2D eigenvalue weighted by Crippen LogP contribution is -2.45. The molecule has 1 aromatic carbocycles. The van der Waals surface area contributed by atoms with Crippen LogP contribution >= 0.6 is 0 Å². The van der Waals surface area contributed by atoms with Crippen molar-refractivity contribution in [3.8, 4) is 5.75 Å². The highest BCUT2D eigenvalue weighted by atomic mass is 16.5. The predicted molar refractivity (Wildman–Crippen MR) is 86.5 cm³/mol. The molecule has 1 aromatic rings. The number of nitrogens with two attached hydrogens (primary N) is 1. The smallest absolute Gasteiger partial charge is 0.124 e.